The second-order valence-electron chi connectivity index (χ2n) is 7.48. The quantitative estimate of drug-likeness (QED) is 0.207. The summed E-state index contributed by atoms with van der Waals surface area (Å²) in [5, 5.41) is 2.65. The van der Waals surface area contributed by atoms with E-state index in [0.29, 0.717) is 0 Å². The minimum Gasteiger partial charge on any atom is -0.463 e. The van der Waals surface area contributed by atoms with Crippen LogP contribution in [0, 0.1) is 0 Å². The van der Waals surface area contributed by atoms with Gasteiger partial charge in [-0.3, -0.25) is 24.0 Å². The average Bonchev–Trinajstić information content (AvgIpc) is 2.75. The summed E-state index contributed by atoms with van der Waals surface area (Å²) in [4.78, 5) is 61.1. The van der Waals surface area contributed by atoms with Crippen LogP contribution in [0.1, 0.15) is 27.7 Å². The van der Waals surface area contributed by atoms with Crippen LogP contribution >= 0.6 is 24.4 Å². The third-order valence-corrected chi connectivity index (χ3v) is 5.83. The lowest BCUT2D eigenvalue weighted by atomic mass is 9.96. The highest BCUT2D eigenvalue weighted by atomic mass is 32.2. The molecule has 0 bridgehead atoms. The van der Waals surface area contributed by atoms with Gasteiger partial charge in [-0.05, 0) is 24.3 Å². The van der Waals surface area contributed by atoms with Crippen molar-refractivity contribution in [2.45, 2.75) is 68.1 Å². The molecule has 0 aliphatic carbocycles. The molecule has 0 spiro atoms. The number of benzene rings is 1. The molecule has 192 valence electrons. The maximum atomic E-state index is 12.8. The van der Waals surface area contributed by atoms with E-state index in [0.717, 1.165) is 30.6 Å². The number of ether oxygens (including phenoxy) is 5. The van der Waals surface area contributed by atoms with Crippen LogP contribution in [-0.4, -0.2) is 72.8 Å². The number of esters is 4. The Labute approximate surface area is 211 Å². The van der Waals surface area contributed by atoms with Crippen LogP contribution in [0.2, 0.25) is 0 Å². The van der Waals surface area contributed by atoms with Crippen LogP contribution in [0.5, 0.6) is 0 Å². The largest absolute Gasteiger partial charge is 0.463 e. The van der Waals surface area contributed by atoms with Crippen molar-refractivity contribution in [3.8, 4) is 0 Å². The van der Waals surface area contributed by atoms with Crippen molar-refractivity contribution in [1.29, 1.82) is 0 Å². The van der Waals surface area contributed by atoms with E-state index in [9.17, 15) is 24.0 Å². The van der Waals surface area contributed by atoms with Crippen LogP contribution in [-0.2, 0) is 47.7 Å². The molecule has 0 unspecified atom stereocenters. The Kier molecular flexibility index (Phi) is 10.9. The SMILES string of the molecule is CC(=O)OC[C@H]1O[C@@H](OC(C)=O)[C@H](NC(=O)CSc2ccc(S)cc2)[C@@H](OC(C)=O)[C@@H]1OC(C)=O. The highest BCUT2D eigenvalue weighted by Crippen LogP contribution is 2.28. The minimum absolute atomic E-state index is 0.0306. The normalized spacial score (nSPS) is 23.5. The molecular formula is C22H27NO10S2. The van der Waals surface area contributed by atoms with Crippen molar-refractivity contribution in [3.63, 3.8) is 0 Å². The summed E-state index contributed by atoms with van der Waals surface area (Å²) in [5.74, 6) is -3.38. The van der Waals surface area contributed by atoms with Crippen molar-refractivity contribution in [2.75, 3.05) is 12.4 Å². The number of carbonyl (C=O) groups is 5. The summed E-state index contributed by atoms with van der Waals surface area (Å²) in [6.07, 6.45) is -5.17. The van der Waals surface area contributed by atoms with Crippen LogP contribution in [0.15, 0.2) is 34.1 Å². The van der Waals surface area contributed by atoms with E-state index in [1.807, 2.05) is 0 Å². The van der Waals surface area contributed by atoms with Crippen molar-refractivity contribution in [2.24, 2.45) is 0 Å². The molecule has 1 fully saturated rings. The third kappa shape index (κ3) is 9.42. The van der Waals surface area contributed by atoms with Gasteiger partial charge in [0.2, 0.25) is 12.2 Å². The highest BCUT2D eigenvalue weighted by molar-refractivity contribution is 8.00. The van der Waals surface area contributed by atoms with E-state index < -0.39 is 60.4 Å². The molecule has 1 aliphatic heterocycles. The summed E-state index contributed by atoms with van der Waals surface area (Å²) < 4.78 is 26.6. The average molecular weight is 530 g/mol. The predicted molar refractivity (Wildman–Crippen MR) is 125 cm³/mol. The topological polar surface area (TPSA) is 144 Å². The second-order valence-corrected chi connectivity index (χ2v) is 9.04. The lowest BCUT2D eigenvalue weighted by molar-refractivity contribution is -0.270. The van der Waals surface area contributed by atoms with Crippen LogP contribution in [0.3, 0.4) is 0 Å². The zero-order valence-electron chi connectivity index (χ0n) is 19.5. The Balaban J connectivity index is 2.30. The number of hydrogen-bond acceptors (Lipinski definition) is 12. The number of thiol groups is 1. The third-order valence-electron chi connectivity index (χ3n) is 4.52. The number of amides is 1. The first-order valence-electron chi connectivity index (χ1n) is 10.5. The molecule has 1 aromatic carbocycles. The molecule has 1 amide bonds. The van der Waals surface area contributed by atoms with Gasteiger partial charge in [0.1, 0.15) is 18.8 Å². The van der Waals surface area contributed by atoms with Gasteiger partial charge in [-0.15, -0.1) is 24.4 Å². The fourth-order valence-electron chi connectivity index (χ4n) is 3.24. The zero-order chi connectivity index (χ0) is 26.1. The fourth-order valence-corrected chi connectivity index (χ4v) is 4.10. The molecule has 2 rings (SSSR count). The Morgan fingerprint density at radius 3 is 2.00 bits per heavy atom. The first-order chi connectivity index (χ1) is 16.5. The Hall–Kier alpha value is -2.77. The van der Waals surface area contributed by atoms with E-state index >= 15 is 0 Å². The molecule has 1 aliphatic rings. The van der Waals surface area contributed by atoms with Crippen LogP contribution in [0.25, 0.3) is 0 Å². The first kappa shape index (κ1) is 28.5. The summed E-state index contributed by atoms with van der Waals surface area (Å²) >= 11 is 5.45. The Morgan fingerprint density at radius 1 is 0.886 bits per heavy atom. The highest BCUT2D eigenvalue weighted by Gasteiger charge is 2.52. The van der Waals surface area contributed by atoms with E-state index in [4.69, 9.17) is 23.7 Å². The molecule has 0 radical (unpaired) electrons. The van der Waals surface area contributed by atoms with E-state index in [2.05, 4.69) is 17.9 Å². The van der Waals surface area contributed by atoms with Gasteiger partial charge in [0, 0.05) is 37.5 Å². The number of rotatable bonds is 9. The van der Waals surface area contributed by atoms with E-state index in [1.165, 1.54) is 18.7 Å². The van der Waals surface area contributed by atoms with Crippen molar-refractivity contribution < 1.29 is 47.7 Å². The molecule has 1 heterocycles. The smallest absolute Gasteiger partial charge is 0.305 e. The van der Waals surface area contributed by atoms with Crippen molar-refractivity contribution in [1.82, 2.24) is 5.32 Å². The number of nitrogens with one attached hydrogen (secondary N) is 1. The monoisotopic (exact) mass is 529 g/mol. The Bertz CT molecular complexity index is 939. The molecule has 0 aromatic heterocycles. The maximum Gasteiger partial charge on any atom is 0.305 e. The van der Waals surface area contributed by atoms with Gasteiger partial charge >= 0.3 is 23.9 Å². The lowest BCUT2D eigenvalue weighted by Gasteiger charge is -2.44. The second kappa shape index (κ2) is 13.4. The molecule has 11 nitrogen and oxygen atoms in total. The fraction of sp³-hybridized carbons (Fsp3) is 0.500. The molecule has 5 atom stereocenters. The van der Waals surface area contributed by atoms with Gasteiger partial charge < -0.3 is 29.0 Å². The predicted octanol–water partition coefficient (Wildman–Crippen LogP) is 1.27. The molecular weight excluding hydrogens is 502 g/mol. The van der Waals surface area contributed by atoms with E-state index in [-0.39, 0.29) is 12.4 Å². The van der Waals surface area contributed by atoms with Crippen LogP contribution < -0.4 is 5.32 Å². The van der Waals surface area contributed by atoms with Gasteiger partial charge in [0.25, 0.3) is 0 Å². The number of hydrogen-bond donors (Lipinski definition) is 2. The Morgan fingerprint density at radius 2 is 1.46 bits per heavy atom. The zero-order valence-corrected chi connectivity index (χ0v) is 21.3. The van der Waals surface area contributed by atoms with Gasteiger partial charge in [-0.2, -0.15) is 0 Å². The minimum atomic E-state index is -1.43. The van der Waals surface area contributed by atoms with Gasteiger partial charge in [0.15, 0.2) is 12.2 Å². The summed E-state index contributed by atoms with van der Waals surface area (Å²) in [6.45, 7) is 4.17. The molecule has 35 heavy (non-hydrogen) atoms. The number of carbonyl (C=O) groups excluding carboxylic acids is 5. The maximum absolute atomic E-state index is 12.8. The summed E-state index contributed by atoms with van der Waals surface area (Å²) in [5.41, 5.74) is 0. The molecule has 1 saturated heterocycles. The molecule has 1 aromatic rings. The van der Waals surface area contributed by atoms with Crippen LogP contribution in [0.4, 0.5) is 0 Å². The lowest BCUT2D eigenvalue weighted by Crippen LogP contribution is -2.67. The summed E-state index contributed by atoms with van der Waals surface area (Å²) in [6, 6.07) is 5.92. The van der Waals surface area contributed by atoms with Crippen molar-refractivity contribution in [3.05, 3.63) is 24.3 Å². The van der Waals surface area contributed by atoms with Gasteiger partial charge in [0.05, 0.1) is 5.75 Å². The standard InChI is InChI=1S/C22H27NO10S2/c1-11(24)29-9-17-20(30-12(2)25)21(31-13(3)26)19(22(33-17)32-14(4)27)23-18(28)10-35-16-7-5-15(34)6-8-16/h5-8,17,19-22,34H,9-10H2,1-4H3,(H,23,28)/t17-,19-,20-,21-,22-/m1/s1. The van der Waals surface area contributed by atoms with Gasteiger partial charge in [-0.25, -0.2) is 0 Å². The molecule has 13 heteroatoms. The summed E-state index contributed by atoms with van der Waals surface area (Å²) in [7, 11) is 0. The van der Waals surface area contributed by atoms with Gasteiger partial charge in [-0.1, -0.05) is 0 Å². The van der Waals surface area contributed by atoms with E-state index in [1.54, 1.807) is 24.3 Å². The first-order valence-corrected chi connectivity index (χ1v) is 11.9. The van der Waals surface area contributed by atoms with Crippen molar-refractivity contribution >= 4 is 54.2 Å². The number of thioether (sulfide) groups is 1. The molecule has 1 N–H and O–H groups in total. The molecule has 0 saturated carbocycles.